The monoisotopic (exact) mass is 532 g/mol. The van der Waals surface area contributed by atoms with Gasteiger partial charge in [0, 0.05) is 30.3 Å². The van der Waals surface area contributed by atoms with Gasteiger partial charge in [-0.1, -0.05) is 35.0 Å². The van der Waals surface area contributed by atoms with Crippen LogP contribution in [0.15, 0.2) is 65.8 Å². The zero-order valence-corrected chi connectivity index (χ0v) is 19.4. The molecule has 0 N–H and O–H groups in total. The van der Waals surface area contributed by atoms with Crippen molar-refractivity contribution in [1.82, 2.24) is 0 Å². The van der Waals surface area contributed by atoms with E-state index in [2.05, 4.69) is 5.10 Å². The molecule has 2 aromatic carbocycles. The van der Waals surface area contributed by atoms with Gasteiger partial charge in [0.2, 0.25) is 5.71 Å². The van der Waals surface area contributed by atoms with Gasteiger partial charge >= 0.3 is 0 Å². The Balaban J connectivity index is 0.00000341. The number of hydrazone groups is 1. The van der Waals surface area contributed by atoms with Gasteiger partial charge in [-0.2, -0.15) is 0 Å². The fraction of sp³-hybridized carbons (Fsp3) is 0.182. The Bertz CT molecular complexity index is 1150. The molecule has 0 spiro atoms. The second kappa shape index (κ2) is 9.73. The second-order valence-corrected chi connectivity index (χ2v) is 7.39. The SMILES string of the molecule is C[N+]1=C(/C=C/c2cccc([N+](=O)[O-])c2)C(C)(C)C(/C=C/c2cccc([N+](=O)[O-])c2)=N1.[I-]. The van der Waals surface area contributed by atoms with Gasteiger partial charge in [0.25, 0.3) is 11.4 Å². The third-order valence-electron chi connectivity index (χ3n) is 4.92. The molecule has 0 fully saturated rings. The Kier molecular flexibility index (Phi) is 7.55. The van der Waals surface area contributed by atoms with Crippen molar-refractivity contribution in [1.29, 1.82) is 0 Å². The average Bonchev–Trinajstić information content (AvgIpc) is 2.92. The van der Waals surface area contributed by atoms with Crippen LogP contribution < -0.4 is 24.0 Å². The maximum absolute atomic E-state index is 11.0. The summed E-state index contributed by atoms with van der Waals surface area (Å²) in [5.74, 6) is 0. The van der Waals surface area contributed by atoms with E-state index in [1.807, 2.05) is 39.1 Å². The number of non-ortho nitro benzene ring substituents is 2. The third-order valence-corrected chi connectivity index (χ3v) is 4.92. The minimum absolute atomic E-state index is 0. The lowest BCUT2D eigenvalue weighted by Gasteiger charge is -2.14. The molecule has 0 aromatic heterocycles. The normalized spacial score (nSPS) is 15.3. The predicted octanol–water partition coefficient (Wildman–Crippen LogP) is 1.71. The molecule has 0 saturated heterocycles. The van der Waals surface area contributed by atoms with Gasteiger partial charge in [0.1, 0.15) is 5.71 Å². The van der Waals surface area contributed by atoms with Crippen molar-refractivity contribution in [2.24, 2.45) is 10.5 Å². The van der Waals surface area contributed by atoms with Gasteiger partial charge in [0.15, 0.2) is 7.05 Å². The van der Waals surface area contributed by atoms with Crippen LogP contribution in [0.5, 0.6) is 0 Å². The molecule has 0 unspecified atom stereocenters. The van der Waals surface area contributed by atoms with Crippen molar-refractivity contribution >= 4 is 35.0 Å². The summed E-state index contributed by atoms with van der Waals surface area (Å²) in [6.07, 6.45) is 7.37. The molecule has 0 saturated carbocycles. The van der Waals surface area contributed by atoms with Gasteiger partial charge in [-0.05, 0) is 42.2 Å². The van der Waals surface area contributed by atoms with E-state index in [1.54, 1.807) is 35.0 Å². The van der Waals surface area contributed by atoms with Gasteiger partial charge in [0.05, 0.1) is 15.3 Å². The first-order chi connectivity index (χ1) is 14.2. The molecule has 1 aliphatic rings. The summed E-state index contributed by atoms with van der Waals surface area (Å²) < 4.78 is 1.76. The summed E-state index contributed by atoms with van der Waals surface area (Å²) in [5, 5.41) is 26.5. The molecule has 0 aliphatic carbocycles. The van der Waals surface area contributed by atoms with E-state index in [0.717, 1.165) is 17.0 Å². The van der Waals surface area contributed by atoms with Crippen molar-refractivity contribution in [2.75, 3.05) is 7.05 Å². The number of hydrogen-bond acceptors (Lipinski definition) is 5. The zero-order valence-electron chi connectivity index (χ0n) is 17.2. The number of benzene rings is 2. The van der Waals surface area contributed by atoms with Crippen LogP contribution in [0.3, 0.4) is 0 Å². The number of nitro benzene ring substituents is 2. The van der Waals surface area contributed by atoms with E-state index in [4.69, 9.17) is 0 Å². The summed E-state index contributed by atoms with van der Waals surface area (Å²) in [5.41, 5.74) is 2.82. The van der Waals surface area contributed by atoms with Gasteiger partial charge in [-0.3, -0.25) is 20.2 Å². The molecule has 0 bridgehead atoms. The number of nitro groups is 2. The minimum atomic E-state index is -0.424. The maximum Gasteiger partial charge on any atom is 0.270 e. The Morgan fingerprint density at radius 1 is 0.871 bits per heavy atom. The molecule has 8 nitrogen and oxygen atoms in total. The van der Waals surface area contributed by atoms with E-state index < -0.39 is 15.3 Å². The van der Waals surface area contributed by atoms with E-state index in [9.17, 15) is 20.2 Å². The number of halogens is 1. The summed E-state index contributed by atoms with van der Waals surface area (Å²) in [7, 11) is 1.84. The highest BCUT2D eigenvalue weighted by Gasteiger charge is 2.41. The van der Waals surface area contributed by atoms with Crippen LogP contribution in [0.4, 0.5) is 11.4 Å². The van der Waals surface area contributed by atoms with Crippen LogP contribution in [0.1, 0.15) is 25.0 Å². The van der Waals surface area contributed by atoms with Crippen LogP contribution >= 0.6 is 0 Å². The summed E-state index contributed by atoms with van der Waals surface area (Å²) >= 11 is 0. The summed E-state index contributed by atoms with van der Waals surface area (Å²) in [6.45, 7) is 4.06. The molecule has 31 heavy (non-hydrogen) atoms. The van der Waals surface area contributed by atoms with Crippen LogP contribution in [0.25, 0.3) is 12.2 Å². The zero-order chi connectivity index (χ0) is 21.9. The smallest absolute Gasteiger partial charge is 0.270 e. The van der Waals surface area contributed by atoms with Gasteiger partial charge in [-0.25, -0.2) is 0 Å². The first-order valence-corrected chi connectivity index (χ1v) is 9.24. The number of rotatable bonds is 6. The van der Waals surface area contributed by atoms with Crippen molar-refractivity contribution in [3.05, 3.63) is 92.0 Å². The summed E-state index contributed by atoms with van der Waals surface area (Å²) in [6, 6.07) is 12.8. The van der Waals surface area contributed by atoms with Crippen molar-refractivity contribution in [2.45, 2.75) is 13.8 Å². The average molecular weight is 532 g/mol. The fourth-order valence-corrected chi connectivity index (χ4v) is 3.27. The molecule has 2 aromatic rings. The maximum atomic E-state index is 11.0. The highest BCUT2D eigenvalue weighted by molar-refractivity contribution is 6.20. The molecule has 0 amide bonds. The third kappa shape index (κ3) is 5.48. The van der Waals surface area contributed by atoms with Crippen LogP contribution in [0, 0.1) is 25.6 Å². The molecule has 1 aliphatic heterocycles. The largest absolute Gasteiger partial charge is 1.00 e. The molecular weight excluding hydrogens is 511 g/mol. The van der Waals surface area contributed by atoms with Gasteiger partial charge < -0.3 is 24.0 Å². The van der Waals surface area contributed by atoms with E-state index in [1.165, 1.54) is 24.3 Å². The number of allylic oxidation sites excluding steroid dienone is 2. The second-order valence-electron chi connectivity index (χ2n) is 7.39. The molecule has 3 rings (SSSR count). The van der Waals surface area contributed by atoms with Crippen molar-refractivity contribution < 1.29 is 38.5 Å². The number of hydrogen-bond donors (Lipinski definition) is 0. The Morgan fingerprint density at radius 3 is 1.84 bits per heavy atom. The van der Waals surface area contributed by atoms with E-state index in [-0.39, 0.29) is 35.4 Å². The topological polar surface area (TPSA) is 102 Å². The minimum Gasteiger partial charge on any atom is -1.00 e. The van der Waals surface area contributed by atoms with Crippen molar-refractivity contribution in [3.63, 3.8) is 0 Å². The lowest BCUT2D eigenvalue weighted by Crippen LogP contribution is -3.00. The van der Waals surface area contributed by atoms with E-state index in [0.29, 0.717) is 5.56 Å². The Labute approximate surface area is 196 Å². The van der Waals surface area contributed by atoms with Crippen LogP contribution in [0.2, 0.25) is 0 Å². The quantitative estimate of drug-likeness (QED) is 0.245. The Hall–Kier alpha value is -3.21. The predicted molar refractivity (Wildman–Crippen MR) is 117 cm³/mol. The summed E-state index contributed by atoms with van der Waals surface area (Å²) in [4.78, 5) is 21.1. The first-order valence-electron chi connectivity index (χ1n) is 9.24. The molecule has 1 heterocycles. The highest BCUT2D eigenvalue weighted by Crippen LogP contribution is 2.28. The lowest BCUT2D eigenvalue weighted by atomic mass is 9.82. The van der Waals surface area contributed by atoms with E-state index >= 15 is 0 Å². The standard InChI is InChI=1S/C22H21N4O4.HI/c1-22(2)20(12-10-16-6-4-8-18(14-16)25(27)28)23-24(3)21(22)13-11-17-7-5-9-19(15-17)26(29)30;/h4-15H,1-3H3;1H/q+1;/p-1/b12-10+,13-11+;. The first kappa shape index (κ1) is 24.1. The number of nitrogens with zero attached hydrogens (tertiary/aromatic N) is 4. The Morgan fingerprint density at radius 2 is 1.35 bits per heavy atom. The van der Waals surface area contributed by atoms with Crippen LogP contribution in [-0.2, 0) is 0 Å². The lowest BCUT2D eigenvalue weighted by molar-refractivity contribution is -0.499. The fourth-order valence-electron chi connectivity index (χ4n) is 3.27. The molecule has 0 radical (unpaired) electrons. The van der Waals surface area contributed by atoms with Crippen LogP contribution in [-0.4, -0.2) is 33.0 Å². The molecular formula is C22H21IN4O4. The molecule has 9 heteroatoms. The van der Waals surface area contributed by atoms with Gasteiger partial charge in [-0.15, -0.1) is 0 Å². The van der Waals surface area contributed by atoms with Crippen molar-refractivity contribution in [3.8, 4) is 0 Å². The molecule has 160 valence electrons. The molecule has 0 atom stereocenters. The highest BCUT2D eigenvalue weighted by atomic mass is 127.